The number of rotatable bonds is 4. The lowest BCUT2D eigenvalue weighted by Gasteiger charge is -2.24. The molecule has 0 bridgehead atoms. The minimum atomic E-state index is 0.152. The van der Waals surface area contributed by atoms with Crippen molar-refractivity contribution in [3.05, 3.63) is 60.0 Å². The number of benzene rings is 1. The van der Waals surface area contributed by atoms with Gasteiger partial charge in [-0.3, -0.25) is 19.8 Å². The average molecular weight is 363 g/mol. The van der Waals surface area contributed by atoms with Gasteiger partial charge in [-0.25, -0.2) is 0 Å². The van der Waals surface area contributed by atoms with Gasteiger partial charge in [-0.15, -0.1) is 0 Å². The number of aromatic nitrogens is 3. The molecular weight excluding hydrogens is 338 g/mol. The summed E-state index contributed by atoms with van der Waals surface area (Å²) in [5.74, 6) is 0.520. The first-order valence-corrected chi connectivity index (χ1v) is 9.48. The van der Waals surface area contributed by atoms with Gasteiger partial charge < -0.3 is 4.90 Å². The molecule has 6 heteroatoms. The second kappa shape index (κ2) is 7.88. The molecule has 140 valence electrons. The zero-order valence-electron chi connectivity index (χ0n) is 15.6. The largest absolute Gasteiger partial charge is 0.341 e. The van der Waals surface area contributed by atoms with Crippen LogP contribution < -0.4 is 0 Å². The second-order valence-electron chi connectivity index (χ2n) is 7.34. The van der Waals surface area contributed by atoms with E-state index in [-0.39, 0.29) is 5.91 Å². The van der Waals surface area contributed by atoms with E-state index in [0.29, 0.717) is 5.92 Å². The lowest BCUT2D eigenvalue weighted by atomic mass is 9.96. The highest BCUT2D eigenvalue weighted by atomic mass is 16.2. The van der Waals surface area contributed by atoms with Crippen molar-refractivity contribution in [2.45, 2.75) is 19.9 Å². The summed E-state index contributed by atoms with van der Waals surface area (Å²) in [5, 5.41) is 8.26. The van der Waals surface area contributed by atoms with Crippen LogP contribution in [0.3, 0.4) is 0 Å². The zero-order chi connectivity index (χ0) is 18.6. The fourth-order valence-electron chi connectivity index (χ4n) is 3.99. The van der Waals surface area contributed by atoms with Gasteiger partial charge in [-0.1, -0.05) is 24.3 Å². The molecule has 1 saturated heterocycles. The third-order valence-corrected chi connectivity index (χ3v) is 5.30. The maximum absolute atomic E-state index is 12.1. The summed E-state index contributed by atoms with van der Waals surface area (Å²) in [5.41, 5.74) is 3.43. The number of carbonyl (C=O) groups excluding carboxylic acids is 1. The van der Waals surface area contributed by atoms with E-state index >= 15 is 0 Å². The van der Waals surface area contributed by atoms with Crippen molar-refractivity contribution in [1.29, 1.82) is 0 Å². The van der Waals surface area contributed by atoms with E-state index < -0.39 is 0 Å². The maximum atomic E-state index is 12.1. The summed E-state index contributed by atoms with van der Waals surface area (Å²) in [6.45, 7) is 5.89. The van der Waals surface area contributed by atoms with Gasteiger partial charge in [0.1, 0.15) is 0 Å². The Bertz CT molecular complexity index is 903. The van der Waals surface area contributed by atoms with E-state index in [4.69, 9.17) is 0 Å². The van der Waals surface area contributed by atoms with Crippen LogP contribution in [0.25, 0.3) is 10.9 Å². The first-order chi connectivity index (χ1) is 13.2. The van der Waals surface area contributed by atoms with E-state index in [1.165, 1.54) is 10.9 Å². The molecule has 2 aromatic heterocycles. The molecule has 6 nitrogen and oxygen atoms in total. The van der Waals surface area contributed by atoms with Crippen molar-refractivity contribution >= 4 is 16.8 Å². The SMILES string of the molecule is CC(=O)N1CCN(Cc2ccn[nH]2)C[C@@H](Cc2cccc3cccnc23)C1. The van der Waals surface area contributed by atoms with E-state index in [1.54, 1.807) is 13.1 Å². The summed E-state index contributed by atoms with van der Waals surface area (Å²) < 4.78 is 0. The molecule has 1 fully saturated rings. The third kappa shape index (κ3) is 4.17. The third-order valence-electron chi connectivity index (χ3n) is 5.30. The molecule has 3 aromatic rings. The Kier molecular flexibility index (Phi) is 5.16. The molecule has 27 heavy (non-hydrogen) atoms. The molecule has 3 heterocycles. The fourth-order valence-corrected chi connectivity index (χ4v) is 3.99. The normalized spacial score (nSPS) is 18.6. The van der Waals surface area contributed by atoms with Gasteiger partial charge in [-0.05, 0) is 30.0 Å². The van der Waals surface area contributed by atoms with Crippen LogP contribution in [-0.4, -0.2) is 57.1 Å². The van der Waals surface area contributed by atoms with Crippen LogP contribution in [0.15, 0.2) is 48.8 Å². The van der Waals surface area contributed by atoms with Crippen LogP contribution in [0.4, 0.5) is 0 Å². The van der Waals surface area contributed by atoms with Gasteiger partial charge in [0.2, 0.25) is 5.91 Å². The van der Waals surface area contributed by atoms with Crippen LogP contribution in [0.1, 0.15) is 18.2 Å². The number of pyridine rings is 1. The smallest absolute Gasteiger partial charge is 0.219 e. The summed E-state index contributed by atoms with van der Waals surface area (Å²) in [7, 11) is 0. The summed E-state index contributed by atoms with van der Waals surface area (Å²) >= 11 is 0. The molecular formula is C21H25N5O. The fraction of sp³-hybridized carbons (Fsp3) is 0.381. The number of nitrogens with zero attached hydrogens (tertiary/aromatic N) is 4. The lowest BCUT2D eigenvalue weighted by Crippen LogP contribution is -2.34. The summed E-state index contributed by atoms with van der Waals surface area (Å²) in [6.07, 6.45) is 4.55. The van der Waals surface area contributed by atoms with Crippen molar-refractivity contribution < 1.29 is 4.79 Å². The number of hydrogen-bond donors (Lipinski definition) is 1. The molecule has 0 spiro atoms. The van der Waals surface area contributed by atoms with Gasteiger partial charge in [0.25, 0.3) is 0 Å². The summed E-state index contributed by atoms with van der Waals surface area (Å²) in [4.78, 5) is 21.1. The standard InChI is InChI=1S/C21H25N5O/c1-16(27)26-11-10-25(15-20-7-9-23-24-20)13-17(14-26)12-19-5-2-4-18-6-3-8-22-21(18)19/h2-9,17H,10-15H2,1H3,(H,23,24)/t17-/m1/s1. The van der Waals surface area contributed by atoms with Crippen molar-refractivity contribution in [3.63, 3.8) is 0 Å². The number of H-pyrrole nitrogens is 1. The van der Waals surface area contributed by atoms with Crippen LogP contribution in [-0.2, 0) is 17.8 Å². The van der Waals surface area contributed by atoms with Crippen LogP contribution in [0.5, 0.6) is 0 Å². The van der Waals surface area contributed by atoms with Gasteiger partial charge in [-0.2, -0.15) is 5.10 Å². The lowest BCUT2D eigenvalue weighted by molar-refractivity contribution is -0.129. The molecule has 1 N–H and O–H groups in total. The topological polar surface area (TPSA) is 65.1 Å². The van der Waals surface area contributed by atoms with E-state index in [0.717, 1.165) is 50.4 Å². The minimum absolute atomic E-state index is 0.152. The molecule has 1 aliphatic heterocycles. The Morgan fingerprint density at radius 3 is 2.85 bits per heavy atom. The van der Waals surface area contributed by atoms with Crippen molar-refractivity contribution in [2.24, 2.45) is 5.92 Å². The molecule has 0 radical (unpaired) electrons. The Morgan fingerprint density at radius 2 is 2.04 bits per heavy atom. The van der Waals surface area contributed by atoms with Crippen molar-refractivity contribution in [2.75, 3.05) is 26.2 Å². The number of fused-ring (bicyclic) bond motifs is 1. The number of carbonyl (C=O) groups is 1. The Hall–Kier alpha value is -2.73. The highest BCUT2D eigenvalue weighted by molar-refractivity contribution is 5.81. The molecule has 1 aliphatic rings. The molecule has 1 aromatic carbocycles. The molecule has 0 unspecified atom stereocenters. The van der Waals surface area contributed by atoms with Gasteiger partial charge in [0.05, 0.1) is 5.52 Å². The van der Waals surface area contributed by atoms with E-state index in [1.807, 2.05) is 23.2 Å². The monoisotopic (exact) mass is 363 g/mol. The van der Waals surface area contributed by atoms with E-state index in [9.17, 15) is 4.79 Å². The number of para-hydroxylation sites is 1. The van der Waals surface area contributed by atoms with Crippen LogP contribution in [0.2, 0.25) is 0 Å². The molecule has 1 amide bonds. The molecule has 0 aliphatic carbocycles. The Labute approximate surface area is 159 Å². The second-order valence-corrected chi connectivity index (χ2v) is 7.34. The van der Waals surface area contributed by atoms with Crippen molar-refractivity contribution in [1.82, 2.24) is 25.0 Å². The first kappa shape index (κ1) is 17.7. The quantitative estimate of drug-likeness (QED) is 0.773. The number of hydrogen-bond acceptors (Lipinski definition) is 4. The zero-order valence-corrected chi connectivity index (χ0v) is 15.6. The van der Waals surface area contributed by atoms with Crippen LogP contribution in [0, 0.1) is 5.92 Å². The molecule has 1 atom stereocenters. The predicted octanol–water partition coefficient (Wildman–Crippen LogP) is 2.48. The first-order valence-electron chi connectivity index (χ1n) is 9.48. The summed E-state index contributed by atoms with van der Waals surface area (Å²) in [6, 6.07) is 12.5. The predicted molar refractivity (Wildman–Crippen MR) is 105 cm³/mol. The van der Waals surface area contributed by atoms with Gasteiger partial charge >= 0.3 is 0 Å². The Morgan fingerprint density at radius 1 is 1.15 bits per heavy atom. The molecule has 4 rings (SSSR count). The minimum Gasteiger partial charge on any atom is -0.341 e. The van der Waals surface area contributed by atoms with Gasteiger partial charge in [0.15, 0.2) is 0 Å². The maximum Gasteiger partial charge on any atom is 0.219 e. The Balaban J connectivity index is 1.56. The van der Waals surface area contributed by atoms with Gasteiger partial charge in [0, 0.05) is 63.1 Å². The highest BCUT2D eigenvalue weighted by Gasteiger charge is 2.25. The number of nitrogens with one attached hydrogen (secondary N) is 1. The van der Waals surface area contributed by atoms with E-state index in [2.05, 4.69) is 44.3 Å². The van der Waals surface area contributed by atoms with Crippen molar-refractivity contribution in [3.8, 4) is 0 Å². The van der Waals surface area contributed by atoms with Crippen LogP contribution >= 0.6 is 0 Å². The average Bonchev–Trinajstić information content (AvgIpc) is 3.09. The molecule has 0 saturated carbocycles. The number of amides is 1. The highest BCUT2D eigenvalue weighted by Crippen LogP contribution is 2.22. The number of aromatic amines is 1.